The number of methoxy groups -OCH3 is 1. The number of hydrogen-bond acceptors (Lipinski definition) is 6. The van der Waals surface area contributed by atoms with E-state index in [4.69, 9.17) is 4.74 Å². The lowest BCUT2D eigenvalue weighted by Gasteiger charge is -2.16. The van der Waals surface area contributed by atoms with Crippen LogP contribution in [-0.2, 0) is 4.79 Å². The topological polar surface area (TPSA) is 45.1 Å². The molecule has 0 radical (unpaired) electrons. The summed E-state index contributed by atoms with van der Waals surface area (Å²) in [5, 5.41) is 1.52. The van der Waals surface area contributed by atoms with Gasteiger partial charge in [-0.2, -0.15) is 0 Å². The van der Waals surface area contributed by atoms with Crippen LogP contribution in [0.4, 0.5) is 15.8 Å². The van der Waals surface area contributed by atoms with E-state index in [0.717, 1.165) is 34.2 Å². The molecule has 0 spiro atoms. The van der Waals surface area contributed by atoms with E-state index in [2.05, 4.69) is 11.9 Å². The second-order valence-corrected chi connectivity index (χ2v) is 8.92. The molecule has 156 valence electrons. The van der Waals surface area contributed by atoms with Gasteiger partial charge in [-0.05, 0) is 54.6 Å². The zero-order valence-electron chi connectivity index (χ0n) is 17.0. The molecule has 2 aromatic rings. The first-order chi connectivity index (χ1) is 14.5. The van der Waals surface area contributed by atoms with Crippen LogP contribution >= 0.6 is 23.5 Å². The van der Waals surface area contributed by atoms with Crippen molar-refractivity contribution in [1.82, 2.24) is 4.90 Å². The first-order valence-electron chi connectivity index (χ1n) is 9.69. The highest BCUT2D eigenvalue weighted by atomic mass is 32.2. The standard InChI is InChI=1S/C22H22FN3O2S2/c1-4-5-12-26-20(27)19(30-22(26)24-15-8-6-14(23)7-9-15)21-25(2)17-13-16(28-3)10-11-18(17)29-21/h6-11,13H,4-5,12H2,1-3H3/b21-19-,24-22?. The molecule has 2 aliphatic rings. The molecule has 4 rings (SSSR count). The number of thioether (sulfide) groups is 2. The van der Waals surface area contributed by atoms with Crippen LogP contribution in [0.15, 0.2) is 62.3 Å². The van der Waals surface area contributed by atoms with E-state index in [1.807, 2.05) is 30.1 Å². The summed E-state index contributed by atoms with van der Waals surface area (Å²) in [7, 11) is 3.60. The molecule has 30 heavy (non-hydrogen) atoms. The molecule has 2 heterocycles. The van der Waals surface area contributed by atoms with E-state index in [1.54, 1.807) is 35.9 Å². The smallest absolute Gasteiger partial charge is 0.269 e. The minimum Gasteiger partial charge on any atom is -0.497 e. The number of nitrogens with zero attached hydrogens (tertiary/aromatic N) is 3. The van der Waals surface area contributed by atoms with Gasteiger partial charge in [0, 0.05) is 24.6 Å². The zero-order valence-corrected chi connectivity index (χ0v) is 18.6. The molecule has 2 aromatic carbocycles. The Morgan fingerprint density at radius 3 is 2.60 bits per heavy atom. The quantitative estimate of drug-likeness (QED) is 0.562. The maximum Gasteiger partial charge on any atom is 0.269 e. The first-order valence-corrected chi connectivity index (χ1v) is 11.3. The molecule has 1 fully saturated rings. The Hall–Kier alpha value is -2.45. The van der Waals surface area contributed by atoms with Crippen molar-refractivity contribution >= 4 is 46.0 Å². The van der Waals surface area contributed by atoms with Gasteiger partial charge in [0.15, 0.2) is 5.17 Å². The van der Waals surface area contributed by atoms with Crippen LogP contribution in [-0.4, -0.2) is 36.7 Å². The third-order valence-electron chi connectivity index (χ3n) is 4.88. The number of ether oxygens (including phenoxy) is 1. The molecule has 2 aliphatic heterocycles. The summed E-state index contributed by atoms with van der Waals surface area (Å²) < 4.78 is 18.6. The lowest BCUT2D eigenvalue weighted by Crippen LogP contribution is -2.30. The summed E-state index contributed by atoms with van der Waals surface area (Å²) in [5.74, 6) is 0.432. The van der Waals surface area contributed by atoms with Crippen molar-refractivity contribution < 1.29 is 13.9 Å². The zero-order chi connectivity index (χ0) is 21.3. The van der Waals surface area contributed by atoms with Gasteiger partial charge in [-0.15, -0.1) is 0 Å². The molecule has 1 saturated heterocycles. The van der Waals surface area contributed by atoms with E-state index in [-0.39, 0.29) is 11.7 Å². The van der Waals surface area contributed by atoms with Crippen molar-refractivity contribution in [2.45, 2.75) is 24.7 Å². The van der Waals surface area contributed by atoms with Gasteiger partial charge in [0.1, 0.15) is 16.5 Å². The van der Waals surface area contributed by atoms with Crippen molar-refractivity contribution in [3.05, 3.63) is 58.2 Å². The van der Waals surface area contributed by atoms with Gasteiger partial charge in [0.05, 0.1) is 23.5 Å². The largest absolute Gasteiger partial charge is 0.497 e. The predicted molar refractivity (Wildman–Crippen MR) is 122 cm³/mol. The summed E-state index contributed by atoms with van der Waals surface area (Å²) in [6, 6.07) is 11.9. The number of halogens is 1. The molecule has 0 saturated carbocycles. The van der Waals surface area contributed by atoms with Crippen LogP contribution in [0, 0.1) is 5.82 Å². The van der Waals surface area contributed by atoms with Crippen molar-refractivity contribution in [2.75, 3.05) is 25.6 Å². The third-order valence-corrected chi connectivity index (χ3v) is 7.32. The molecule has 0 aromatic heterocycles. The summed E-state index contributed by atoms with van der Waals surface area (Å²) in [6.07, 6.45) is 1.86. The summed E-state index contributed by atoms with van der Waals surface area (Å²) in [6.45, 7) is 2.70. The van der Waals surface area contributed by atoms with Crippen molar-refractivity contribution in [3.63, 3.8) is 0 Å². The van der Waals surface area contributed by atoms with Crippen LogP contribution in [0.5, 0.6) is 5.75 Å². The second kappa shape index (κ2) is 8.73. The van der Waals surface area contributed by atoms with Crippen molar-refractivity contribution in [2.24, 2.45) is 4.99 Å². The van der Waals surface area contributed by atoms with Gasteiger partial charge in [-0.3, -0.25) is 9.69 Å². The number of anilines is 1. The fourth-order valence-corrected chi connectivity index (χ4v) is 5.56. The first kappa shape index (κ1) is 20.8. The number of rotatable bonds is 5. The minimum atomic E-state index is -0.308. The average molecular weight is 444 g/mol. The third kappa shape index (κ3) is 3.94. The van der Waals surface area contributed by atoms with Crippen LogP contribution < -0.4 is 9.64 Å². The fraction of sp³-hybridized carbons (Fsp3) is 0.273. The number of hydrogen-bond donors (Lipinski definition) is 0. The van der Waals surface area contributed by atoms with Gasteiger partial charge in [0.25, 0.3) is 5.91 Å². The Morgan fingerprint density at radius 2 is 1.90 bits per heavy atom. The number of amides is 1. The van der Waals surface area contributed by atoms with Gasteiger partial charge in [-0.1, -0.05) is 25.1 Å². The highest BCUT2D eigenvalue weighted by molar-refractivity contribution is 8.19. The molecular weight excluding hydrogens is 421 g/mol. The Bertz CT molecular complexity index is 1040. The van der Waals surface area contributed by atoms with Crippen LogP contribution in [0.2, 0.25) is 0 Å². The van der Waals surface area contributed by atoms with Gasteiger partial charge in [-0.25, -0.2) is 9.38 Å². The van der Waals surface area contributed by atoms with Gasteiger partial charge in [0.2, 0.25) is 0 Å². The lowest BCUT2D eigenvalue weighted by molar-refractivity contribution is -0.122. The summed E-state index contributed by atoms with van der Waals surface area (Å²) >= 11 is 2.95. The predicted octanol–water partition coefficient (Wildman–Crippen LogP) is 5.61. The van der Waals surface area contributed by atoms with Crippen molar-refractivity contribution in [1.29, 1.82) is 0 Å². The number of fused-ring (bicyclic) bond motifs is 1. The molecule has 0 bridgehead atoms. The number of aliphatic imine (C=N–C) groups is 1. The molecule has 0 atom stereocenters. The van der Waals surface area contributed by atoms with Gasteiger partial charge >= 0.3 is 0 Å². The molecule has 0 unspecified atom stereocenters. The minimum absolute atomic E-state index is 0.0385. The van der Waals surface area contributed by atoms with Crippen LogP contribution in [0.25, 0.3) is 0 Å². The SMILES string of the molecule is CCCCN1C(=O)/C(=C2/Sc3ccc(OC)cc3N2C)SC1=Nc1ccc(F)cc1. The summed E-state index contributed by atoms with van der Waals surface area (Å²) in [5.41, 5.74) is 1.64. The maximum absolute atomic E-state index is 13.3. The highest BCUT2D eigenvalue weighted by Gasteiger charge is 2.39. The molecule has 1 amide bonds. The second-order valence-electron chi connectivity index (χ2n) is 6.91. The van der Waals surface area contributed by atoms with E-state index >= 15 is 0 Å². The molecule has 8 heteroatoms. The van der Waals surface area contributed by atoms with E-state index < -0.39 is 0 Å². The van der Waals surface area contributed by atoms with E-state index in [0.29, 0.717) is 22.3 Å². The van der Waals surface area contributed by atoms with E-state index in [1.165, 1.54) is 23.9 Å². The maximum atomic E-state index is 13.3. The Balaban J connectivity index is 1.70. The lowest BCUT2D eigenvalue weighted by atomic mass is 10.3. The molecular formula is C22H22FN3O2S2. The molecule has 5 nitrogen and oxygen atoms in total. The monoisotopic (exact) mass is 443 g/mol. The fourth-order valence-electron chi connectivity index (χ4n) is 3.21. The highest BCUT2D eigenvalue weighted by Crippen LogP contribution is 2.51. The summed E-state index contributed by atoms with van der Waals surface area (Å²) in [4.78, 5) is 23.5. The molecule has 0 aliphatic carbocycles. The van der Waals surface area contributed by atoms with Crippen molar-refractivity contribution in [3.8, 4) is 5.75 Å². The van der Waals surface area contributed by atoms with Gasteiger partial charge < -0.3 is 9.64 Å². The number of unbranched alkanes of at least 4 members (excludes halogenated alkanes) is 1. The normalized spacial score (nSPS) is 19.7. The molecule has 0 N–H and O–H groups in total. The number of carbonyl (C=O) groups excluding carboxylic acids is 1. The Morgan fingerprint density at radius 1 is 1.13 bits per heavy atom. The van der Waals surface area contributed by atoms with Crippen LogP contribution in [0.3, 0.4) is 0 Å². The van der Waals surface area contributed by atoms with E-state index in [9.17, 15) is 9.18 Å². The Labute approximate surface area is 184 Å². The number of amidine groups is 1. The average Bonchev–Trinajstić information content (AvgIpc) is 3.24. The Kier molecular flexibility index (Phi) is 6.06. The number of benzene rings is 2. The number of carbonyl (C=O) groups is 1. The van der Waals surface area contributed by atoms with Crippen LogP contribution in [0.1, 0.15) is 19.8 Å².